The molecule has 1 heterocycles. The minimum absolute atomic E-state index is 0.165. The van der Waals surface area contributed by atoms with Crippen molar-refractivity contribution in [1.82, 2.24) is 9.55 Å². The molecule has 2 rings (SSSR count). The molecule has 0 aliphatic carbocycles. The summed E-state index contributed by atoms with van der Waals surface area (Å²) in [5.41, 5.74) is -3.80. The fourth-order valence-corrected chi connectivity index (χ4v) is 2.38. The number of benzene rings is 1. The van der Waals surface area contributed by atoms with Gasteiger partial charge in [-0.25, -0.2) is 4.98 Å². The lowest BCUT2D eigenvalue weighted by atomic mass is 10.0. The fourth-order valence-electron chi connectivity index (χ4n) is 2.04. The number of amides is 1. The molecule has 6 nitrogen and oxygen atoms in total. The summed E-state index contributed by atoms with van der Waals surface area (Å²) in [5.74, 6) is -0.897. The van der Waals surface area contributed by atoms with Gasteiger partial charge in [0.1, 0.15) is 4.60 Å². The maximum Gasteiger partial charge on any atom is 0.417 e. The fraction of sp³-hybridized carbons (Fsp3) is 0.267. The summed E-state index contributed by atoms with van der Waals surface area (Å²) in [6.07, 6.45) is -1.89. The van der Waals surface area contributed by atoms with Crippen LogP contribution in [0.4, 0.5) is 18.9 Å². The molecule has 0 aliphatic rings. The van der Waals surface area contributed by atoms with Crippen molar-refractivity contribution >= 4 is 27.5 Å². The maximum absolute atomic E-state index is 13.0. The first-order valence-corrected chi connectivity index (χ1v) is 7.64. The van der Waals surface area contributed by atoms with Crippen LogP contribution in [0, 0.1) is 11.3 Å². The van der Waals surface area contributed by atoms with Crippen LogP contribution in [0.1, 0.15) is 18.1 Å². The van der Waals surface area contributed by atoms with E-state index in [-0.39, 0.29) is 12.2 Å². The Morgan fingerprint density at radius 3 is 2.68 bits per heavy atom. The topological polar surface area (TPSA) is 90.9 Å². The van der Waals surface area contributed by atoms with Gasteiger partial charge in [0, 0.05) is 5.69 Å². The van der Waals surface area contributed by atoms with Crippen LogP contribution < -0.4 is 5.32 Å². The highest BCUT2D eigenvalue weighted by Gasteiger charge is 2.35. The molecule has 1 aromatic heterocycles. The number of hydrogen-bond acceptors (Lipinski definition) is 4. The first-order valence-electron chi connectivity index (χ1n) is 6.85. The SMILES string of the molecule is C[C@](O)(Cn1cncc1Br)C(=O)Nc1ccc(C#N)c(C(F)(F)F)c1. The molecular formula is C15H12BrF3N4O2. The predicted octanol–water partition coefficient (Wildman–Crippen LogP) is 2.93. The quantitative estimate of drug-likeness (QED) is 0.801. The lowest BCUT2D eigenvalue weighted by Crippen LogP contribution is -2.43. The van der Waals surface area contributed by atoms with E-state index in [1.807, 2.05) is 0 Å². The Morgan fingerprint density at radius 2 is 2.16 bits per heavy atom. The number of halogens is 4. The van der Waals surface area contributed by atoms with Gasteiger partial charge in [-0.1, -0.05) is 0 Å². The monoisotopic (exact) mass is 416 g/mol. The number of aromatic nitrogens is 2. The van der Waals surface area contributed by atoms with Gasteiger partial charge in [-0.05, 0) is 41.1 Å². The Labute approximate surface area is 149 Å². The van der Waals surface area contributed by atoms with Crippen molar-refractivity contribution in [2.24, 2.45) is 0 Å². The molecular weight excluding hydrogens is 405 g/mol. The second-order valence-corrected chi connectivity index (χ2v) is 6.25. The van der Waals surface area contributed by atoms with Crippen LogP contribution in [-0.4, -0.2) is 26.2 Å². The molecule has 2 aromatic rings. The minimum atomic E-state index is -4.74. The standard InChI is InChI=1S/C15H12BrF3N4O2/c1-14(25,7-23-8-21-6-12(23)16)13(24)22-10-3-2-9(5-20)11(4-10)15(17,18)19/h2-4,6,8,25H,7H2,1H3,(H,22,24)/t14-/m0/s1. The number of imidazole rings is 1. The number of nitriles is 1. The summed E-state index contributed by atoms with van der Waals surface area (Å²) >= 11 is 3.18. The molecule has 0 radical (unpaired) electrons. The van der Waals surface area contributed by atoms with Crippen molar-refractivity contribution in [3.05, 3.63) is 46.5 Å². The van der Waals surface area contributed by atoms with Crippen LogP contribution in [0.5, 0.6) is 0 Å². The van der Waals surface area contributed by atoms with E-state index < -0.39 is 28.8 Å². The number of nitrogens with zero attached hydrogens (tertiary/aromatic N) is 3. The molecule has 0 fully saturated rings. The van der Waals surface area contributed by atoms with E-state index in [2.05, 4.69) is 26.2 Å². The number of alkyl halides is 3. The third-order valence-corrected chi connectivity index (χ3v) is 3.99. The van der Waals surface area contributed by atoms with E-state index in [1.54, 1.807) is 0 Å². The highest BCUT2D eigenvalue weighted by molar-refractivity contribution is 9.10. The summed E-state index contributed by atoms with van der Waals surface area (Å²) in [5, 5.41) is 21.3. The summed E-state index contributed by atoms with van der Waals surface area (Å²) in [4.78, 5) is 16.1. The van der Waals surface area contributed by atoms with Crippen molar-refractivity contribution in [2.45, 2.75) is 25.2 Å². The number of carbonyl (C=O) groups is 1. The van der Waals surface area contributed by atoms with Crippen LogP contribution in [0.3, 0.4) is 0 Å². The molecule has 1 aromatic carbocycles. The lowest BCUT2D eigenvalue weighted by Gasteiger charge is -2.23. The zero-order chi connectivity index (χ0) is 18.8. The van der Waals surface area contributed by atoms with Gasteiger partial charge in [-0.3, -0.25) is 4.79 Å². The number of nitrogens with one attached hydrogen (secondary N) is 1. The van der Waals surface area contributed by atoms with Crippen molar-refractivity contribution in [2.75, 3.05) is 5.32 Å². The highest BCUT2D eigenvalue weighted by atomic mass is 79.9. The predicted molar refractivity (Wildman–Crippen MR) is 85.3 cm³/mol. The molecule has 0 unspecified atom stereocenters. The highest BCUT2D eigenvalue weighted by Crippen LogP contribution is 2.33. The summed E-state index contributed by atoms with van der Waals surface area (Å²) < 4.78 is 40.8. The van der Waals surface area contributed by atoms with Gasteiger partial charge in [-0.15, -0.1) is 0 Å². The first-order chi connectivity index (χ1) is 11.5. The van der Waals surface area contributed by atoms with Crippen molar-refractivity contribution in [1.29, 1.82) is 5.26 Å². The second kappa shape index (κ2) is 6.85. The van der Waals surface area contributed by atoms with E-state index in [0.717, 1.165) is 12.1 Å². The van der Waals surface area contributed by atoms with Crippen molar-refractivity contribution < 1.29 is 23.1 Å². The Hall–Kier alpha value is -2.38. The van der Waals surface area contributed by atoms with Gasteiger partial charge in [0.05, 0.1) is 36.3 Å². The number of rotatable bonds is 4. The van der Waals surface area contributed by atoms with E-state index in [9.17, 15) is 23.1 Å². The molecule has 1 atom stereocenters. The first kappa shape index (κ1) is 19.0. The minimum Gasteiger partial charge on any atom is -0.378 e. The second-order valence-electron chi connectivity index (χ2n) is 5.44. The smallest absolute Gasteiger partial charge is 0.378 e. The molecule has 0 bridgehead atoms. The Bertz CT molecular complexity index is 840. The number of aliphatic hydroxyl groups is 1. The number of carbonyl (C=O) groups excluding carboxylic acids is 1. The Balaban J connectivity index is 2.23. The van der Waals surface area contributed by atoms with Gasteiger partial charge in [0.25, 0.3) is 5.91 Å². The molecule has 2 N–H and O–H groups in total. The van der Waals surface area contributed by atoms with Crippen LogP contribution >= 0.6 is 15.9 Å². The van der Waals surface area contributed by atoms with Crippen LogP contribution in [0.2, 0.25) is 0 Å². The summed E-state index contributed by atoms with van der Waals surface area (Å²) in [6, 6.07) is 4.22. The van der Waals surface area contributed by atoms with Gasteiger partial charge in [0.2, 0.25) is 0 Å². The normalized spacial score (nSPS) is 13.8. The van der Waals surface area contributed by atoms with E-state index >= 15 is 0 Å². The average molecular weight is 417 g/mol. The van der Waals surface area contributed by atoms with Crippen LogP contribution in [0.25, 0.3) is 0 Å². The number of hydrogen-bond donors (Lipinski definition) is 2. The molecule has 0 aliphatic heterocycles. The zero-order valence-electron chi connectivity index (χ0n) is 12.8. The third kappa shape index (κ3) is 4.37. The van der Waals surface area contributed by atoms with Gasteiger partial charge < -0.3 is 15.0 Å². The lowest BCUT2D eigenvalue weighted by molar-refractivity contribution is -0.138. The van der Waals surface area contributed by atoms with Gasteiger partial charge in [0.15, 0.2) is 5.60 Å². The largest absolute Gasteiger partial charge is 0.417 e. The third-order valence-electron chi connectivity index (χ3n) is 3.33. The molecule has 10 heteroatoms. The Kier molecular flexibility index (Phi) is 5.20. The van der Waals surface area contributed by atoms with E-state index in [4.69, 9.17) is 5.26 Å². The molecule has 0 saturated heterocycles. The van der Waals surface area contributed by atoms with E-state index in [0.29, 0.717) is 10.7 Å². The zero-order valence-corrected chi connectivity index (χ0v) is 14.4. The molecule has 1 amide bonds. The molecule has 0 spiro atoms. The van der Waals surface area contributed by atoms with Crippen molar-refractivity contribution in [3.8, 4) is 6.07 Å². The average Bonchev–Trinajstić information content (AvgIpc) is 2.90. The van der Waals surface area contributed by atoms with Crippen LogP contribution in [0.15, 0.2) is 35.3 Å². The van der Waals surface area contributed by atoms with Crippen molar-refractivity contribution in [3.63, 3.8) is 0 Å². The molecule has 25 heavy (non-hydrogen) atoms. The van der Waals surface area contributed by atoms with Gasteiger partial charge >= 0.3 is 6.18 Å². The maximum atomic E-state index is 13.0. The Morgan fingerprint density at radius 1 is 1.48 bits per heavy atom. The summed E-state index contributed by atoms with van der Waals surface area (Å²) in [6.45, 7) is 1.06. The molecule has 132 valence electrons. The number of anilines is 1. The van der Waals surface area contributed by atoms with Crippen LogP contribution in [-0.2, 0) is 17.5 Å². The molecule has 0 saturated carbocycles. The van der Waals surface area contributed by atoms with Gasteiger partial charge in [-0.2, -0.15) is 18.4 Å². The van der Waals surface area contributed by atoms with E-state index in [1.165, 1.54) is 30.1 Å². The summed E-state index contributed by atoms with van der Waals surface area (Å²) in [7, 11) is 0.